The number of rotatable bonds is 3. The van der Waals surface area contributed by atoms with Gasteiger partial charge in [0.05, 0.1) is 5.69 Å². The maximum absolute atomic E-state index is 12.4. The van der Waals surface area contributed by atoms with Crippen molar-refractivity contribution in [3.8, 4) is 10.4 Å². The van der Waals surface area contributed by atoms with E-state index < -0.39 is 0 Å². The van der Waals surface area contributed by atoms with E-state index in [0.29, 0.717) is 21.5 Å². The number of hydrogen-bond acceptors (Lipinski definition) is 4. The van der Waals surface area contributed by atoms with Crippen LogP contribution in [-0.2, 0) is 0 Å². The SMILES string of the molecule is C[C@@H]1CCC/C(=N\NC(=O)c2sc(-c3ccc(Cl)cc3)cc2N)C1. The van der Waals surface area contributed by atoms with Crippen LogP contribution >= 0.6 is 22.9 Å². The number of nitrogens with two attached hydrogens (primary N) is 1. The average Bonchev–Trinajstić information content (AvgIpc) is 2.95. The van der Waals surface area contributed by atoms with Crippen LogP contribution in [0.2, 0.25) is 5.02 Å². The summed E-state index contributed by atoms with van der Waals surface area (Å²) in [4.78, 5) is 13.8. The molecule has 1 aliphatic carbocycles. The second kappa shape index (κ2) is 7.36. The highest BCUT2D eigenvalue weighted by Gasteiger charge is 2.17. The number of carbonyl (C=O) groups is 1. The minimum atomic E-state index is -0.247. The van der Waals surface area contributed by atoms with Gasteiger partial charge >= 0.3 is 0 Å². The molecule has 0 spiro atoms. The van der Waals surface area contributed by atoms with Gasteiger partial charge in [-0.25, -0.2) is 5.43 Å². The van der Waals surface area contributed by atoms with E-state index in [0.717, 1.165) is 35.4 Å². The number of hydrogen-bond donors (Lipinski definition) is 2. The lowest BCUT2D eigenvalue weighted by atomic mass is 9.89. The first-order valence-electron chi connectivity index (χ1n) is 8.04. The molecule has 24 heavy (non-hydrogen) atoms. The zero-order valence-corrected chi connectivity index (χ0v) is 15.1. The van der Waals surface area contributed by atoms with Gasteiger partial charge in [-0.2, -0.15) is 5.10 Å². The van der Waals surface area contributed by atoms with Gasteiger partial charge in [0.1, 0.15) is 4.88 Å². The normalized spacial score (nSPS) is 19.4. The fourth-order valence-electron chi connectivity index (χ4n) is 2.88. The third kappa shape index (κ3) is 3.97. The number of carbonyl (C=O) groups excluding carboxylic acids is 1. The Kier molecular flexibility index (Phi) is 5.21. The topological polar surface area (TPSA) is 67.5 Å². The Morgan fingerprint density at radius 1 is 1.38 bits per heavy atom. The van der Waals surface area contributed by atoms with Crippen LogP contribution in [-0.4, -0.2) is 11.6 Å². The number of nitrogen functional groups attached to an aromatic ring is 1. The lowest BCUT2D eigenvalue weighted by Gasteiger charge is -2.18. The number of halogens is 1. The van der Waals surface area contributed by atoms with Crippen LogP contribution in [0.1, 0.15) is 42.3 Å². The summed E-state index contributed by atoms with van der Waals surface area (Å²) >= 11 is 7.28. The predicted octanol–water partition coefficient (Wildman–Crippen LogP) is 4.95. The standard InChI is InChI=1S/C18H20ClN3OS/c1-11-3-2-4-14(9-11)21-22-18(23)17-15(20)10-16(24-17)12-5-7-13(19)8-6-12/h5-8,10-11H,2-4,9,20H2,1H3,(H,22,23)/b21-14+/t11-/m1/s1. The van der Waals surface area contributed by atoms with Gasteiger partial charge in [0.15, 0.2) is 0 Å². The van der Waals surface area contributed by atoms with Crippen molar-refractivity contribution in [3.63, 3.8) is 0 Å². The van der Waals surface area contributed by atoms with Gasteiger partial charge in [-0.1, -0.05) is 30.7 Å². The van der Waals surface area contributed by atoms with Gasteiger partial charge in [0, 0.05) is 15.6 Å². The Bertz CT molecular complexity index is 767. The van der Waals surface area contributed by atoms with E-state index in [1.807, 2.05) is 30.3 Å². The Hall–Kier alpha value is -1.85. The monoisotopic (exact) mass is 361 g/mol. The second-order valence-corrected chi connectivity index (χ2v) is 7.71. The Balaban J connectivity index is 1.73. The number of anilines is 1. The highest BCUT2D eigenvalue weighted by molar-refractivity contribution is 7.18. The molecular formula is C18H20ClN3OS. The van der Waals surface area contributed by atoms with Crippen LogP contribution in [0.5, 0.6) is 0 Å². The highest BCUT2D eigenvalue weighted by atomic mass is 35.5. The van der Waals surface area contributed by atoms with Crippen LogP contribution < -0.4 is 11.2 Å². The van der Waals surface area contributed by atoms with Gasteiger partial charge < -0.3 is 5.73 Å². The summed E-state index contributed by atoms with van der Waals surface area (Å²) in [7, 11) is 0. The lowest BCUT2D eigenvalue weighted by Crippen LogP contribution is -2.22. The first kappa shape index (κ1) is 17.0. The zero-order chi connectivity index (χ0) is 17.1. The van der Waals surface area contributed by atoms with Crippen molar-refractivity contribution in [2.75, 3.05) is 5.73 Å². The first-order valence-corrected chi connectivity index (χ1v) is 9.23. The number of amides is 1. The maximum atomic E-state index is 12.4. The molecule has 0 saturated heterocycles. The summed E-state index contributed by atoms with van der Waals surface area (Å²) in [5.41, 5.74) is 11.2. The molecule has 0 aliphatic heterocycles. The maximum Gasteiger partial charge on any atom is 0.283 e. The summed E-state index contributed by atoms with van der Waals surface area (Å²) in [6, 6.07) is 9.29. The number of nitrogens with zero attached hydrogens (tertiary/aromatic N) is 1. The molecule has 126 valence electrons. The van der Waals surface area contributed by atoms with Crippen molar-refractivity contribution in [3.05, 3.63) is 40.2 Å². The van der Waals surface area contributed by atoms with Crippen LogP contribution in [0.4, 0.5) is 5.69 Å². The molecule has 0 radical (unpaired) electrons. The van der Waals surface area contributed by atoms with Gasteiger partial charge in [-0.15, -0.1) is 11.3 Å². The van der Waals surface area contributed by atoms with Crippen molar-refractivity contribution < 1.29 is 4.79 Å². The van der Waals surface area contributed by atoms with Gasteiger partial charge in [0.25, 0.3) is 5.91 Å². The van der Waals surface area contributed by atoms with Crippen LogP contribution in [0.25, 0.3) is 10.4 Å². The van der Waals surface area contributed by atoms with Gasteiger partial charge in [-0.3, -0.25) is 4.79 Å². The van der Waals surface area contributed by atoms with E-state index >= 15 is 0 Å². The third-order valence-corrected chi connectivity index (χ3v) is 5.61. The van der Waals surface area contributed by atoms with Crippen molar-refractivity contribution in [2.24, 2.45) is 11.0 Å². The van der Waals surface area contributed by atoms with E-state index in [9.17, 15) is 4.79 Å². The lowest BCUT2D eigenvalue weighted by molar-refractivity contribution is 0.0959. The molecule has 3 N–H and O–H groups in total. The van der Waals surface area contributed by atoms with Crippen molar-refractivity contribution in [1.82, 2.24) is 5.43 Å². The van der Waals surface area contributed by atoms with Crippen LogP contribution in [0.15, 0.2) is 35.4 Å². The molecule has 1 aliphatic rings. The molecular weight excluding hydrogens is 342 g/mol. The molecule has 4 nitrogen and oxygen atoms in total. The number of nitrogens with one attached hydrogen (secondary N) is 1. The third-order valence-electron chi connectivity index (χ3n) is 4.16. The Labute approximate surface area is 150 Å². The summed E-state index contributed by atoms with van der Waals surface area (Å²) < 4.78 is 0. The summed E-state index contributed by atoms with van der Waals surface area (Å²) in [6.07, 6.45) is 4.28. The van der Waals surface area contributed by atoms with E-state index in [-0.39, 0.29) is 5.91 Å². The van der Waals surface area contributed by atoms with Crippen LogP contribution in [0, 0.1) is 5.92 Å². The fourth-order valence-corrected chi connectivity index (χ4v) is 3.98. The molecule has 1 heterocycles. The zero-order valence-electron chi connectivity index (χ0n) is 13.5. The molecule has 3 rings (SSSR count). The average molecular weight is 362 g/mol. The minimum Gasteiger partial charge on any atom is -0.397 e. The van der Waals surface area contributed by atoms with Crippen molar-refractivity contribution in [2.45, 2.75) is 32.6 Å². The largest absolute Gasteiger partial charge is 0.397 e. The molecule has 1 aromatic heterocycles. The number of benzene rings is 1. The van der Waals surface area contributed by atoms with Gasteiger partial charge in [-0.05, 0) is 55.4 Å². The first-order chi connectivity index (χ1) is 11.5. The van der Waals surface area contributed by atoms with Crippen LogP contribution in [0.3, 0.4) is 0 Å². The molecule has 6 heteroatoms. The molecule has 1 fully saturated rings. The van der Waals surface area contributed by atoms with Crippen molar-refractivity contribution >= 4 is 40.2 Å². The molecule has 1 atom stereocenters. The van der Waals surface area contributed by atoms with Crippen molar-refractivity contribution in [1.29, 1.82) is 0 Å². The smallest absolute Gasteiger partial charge is 0.283 e. The minimum absolute atomic E-state index is 0.247. The predicted molar refractivity (Wildman–Crippen MR) is 102 cm³/mol. The quantitative estimate of drug-likeness (QED) is 0.760. The number of thiophene rings is 1. The van der Waals surface area contributed by atoms with E-state index in [1.165, 1.54) is 17.8 Å². The number of hydrazone groups is 1. The second-order valence-electron chi connectivity index (χ2n) is 6.22. The molecule has 1 amide bonds. The summed E-state index contributed by atoms with van der Waals surface area (Å²) in [5.74, 6) is 0.390. The summed E-state index contributed by atoms with van der Waals surface area (Å²) in [5, 5.41) is 4.97. The molecule has 0 bridgehead atoms. The van der Waals surface area contributed by atoms with E-state index in [1.54, 1.807) is 0 Å². The molecule has 1 saturated carbocycles. The molecule has 2 aromatic rings. The van der Waals surface area contributed by atoms with E-state index in [4.69, 9.17) is 17.3 Å². The fraction of sp³-hybridized carbons (Fsp3) is 0.333. The molecule has 1 aromatic carbocycles. The van der Waals surface area contributed by atoms with Gasteiger partial charge in [0.2, 0.25) is 0 Å². The summed E-state index contributed by atoms with van der Waals surface area (Å²) in [6.45, 7) is 2.21. The Morgan fingerprint density at radius 3 is 2.83 bits per heavy atom. The van der Waals surface area contributed by atoms with E-state index in [2.05, 4.69) is 17.5 Å². The molecule has 0 unspecified atom stereocenters. The Morgan fingerprint density at radius 2 is 2.12 bits per heavy atom. The highest BCUT2D eigenvalue weighted by Crippen LogP contribution is 2.33.